The quantitative estimate of drug-likeness (QED) is 0.0586. The molecule has 0 aromatic rings. The maximum absolute atomic E-state index is 13.4. The molecule has 0 radical (unpaired) electrons. The second-order valence-electron chi connectivity index (χ2n) is 11.8. The number of carbonyl (C=O) groups excluding carboxylic acids is 2. The summed E-state index contributed by atoms with van der Waals surface area (Å²) in [5, 5.41) is 18.7. The number of Topliss-reactive ketones (excluding diaryl/α,β-unsaturated/α-hetero) is 2. The largest absolute Gasteiger partial charge is 0.481 e. The molecule has 7 heteroatoms. The fourth-order valence-corrected chi connectivity index (χ4v) is 6.77. The minimum absolute atomic E-state index is 0.0522. The van der Waals surface area contributed by atoms with Gasteiger partial charge in [-0.3, -0.25) is 19.2 Å². The number of unbranched alkanes of at least 4 members (excludes halogenated alkanes) is 20. The van der Waals surface area contributed by atoms with Crippen LogP contribution in [0.15, 0.2) is 0 Å². The summed E-state index contributed by atoms with van der Waals surface area (Å²) < 4.78 is -1.67. The highest BCUT2D eigenvalue weighted by molar-refractivity contribution is 8.02. The lowest BCUT2D eigenvalue weighted by atomic mass is 9.88. The number of thioether (sulfide) groups is 1. The van der Waals surface area contributed by atoms with E-state index in [1.165, 1.54) is 89.9 Å². The Morgan fingerprint density at radius 3 is 1.07 bits per heavy atom. The smallest absolute Gasteiger partial charge is 0.305 e. The molecule has 0 heterocycles. The molecule has 0 atom stereocenters. The average Bonchev–Trinajstić information content (AvgIpc) is 2.93. The summed E-state index contributed by atoms with van der Waals surface area (Å²) >= 11 is 0.947. The van der Waals surface area contributed by atoms with Gasteiger partial charge in [0.25, 0.3) is 0 Å². The number of hydrogen-bond acceptors (Lipinski definition) is 5. The maximum Gasteiger partial charge on any atom is 0.305 e. The first-order valence-electron chi connectivity index (χ1n) is 16.9. The summed E-state index contributed by atoms with van der Waals surface area (Å²) in [6.07, 6.45) is 24.8. The molecule has 0 amide bonds. The normalized spacial score (nSPS) is 11.6. The number of aliphatic carboxylic acids is 2. The number of hydrogen-bond donors (Lipinski definition) is 2. The Balaban J connectivity index is 4.70. The zero-order valence-electron chi connectivity index (χ0n) is 26.5. The van der Waals surface area contributed by atoms with Crippen molar-refractivity contribution >= 4 is 35.3 Å². The van der Waals surface area contributed by atoms with Gasteiger partial charge >= 0.3 is 11.9 Å². The molecule has 0 aromatic carbocycles. The molecule has 0 fully saturated rings. The predicted molar refractivity (Wildman–Crippen MR) is 172 cm³/mol. The lowest BCUT2D eigenvalue weighted by molar-refractivity contribution is -0.143. The molecule has 0 aliphatic carbocycles. The highest BCUT2D eigenvalue weighted by atomic mass is 32.2. The van der Waals surface area contributed by atoms with Crippen LogP contribution in [0.5, 0.6) is 0 Å². The first-order chi connectivity index (χ1) is 19.8. The van der Waals surface area contributed by atoms with Crippen molar-refractivity contribution in [2.75, 3.05) is 5.75 Å². The third-order valence-electron chi connectivity index (χ3n) is 7.98. The molecule has 0 saturated carbocycles. The minimum atomic E-state index is -1.67. The van der Waals surface area contributed by atoms with Gasteiger partial charge in [0.2, 0.25) is 0 Å². The Bertz CT molecular complexity index is 655. The first-order valence-corrected chi connectivity index (χ1v) is 17.9. The Labute approximate surface area is 255 Å². The number of carboxylic acid groups (broad SMARTS) is 2. The van der Waals surface area contributed by atoms with Crippen molar-refractivity contribution in [3.63, 3.8) is 0 Å². The second-order valence-corrected chi connectivity index (χ2v) is 13.2. The van der Waals surface area contributed by atoms with E-state index in [-0.39, 0.29) is 36.6 Å². The summed E-state index contributed by atoms with van der Waals surface area (Å²) in [5.74, 6) is -2.82. The van der Waals surface area contributed by atoms with Gasteiger partial charge < -0.3 is 10.2 Å². The fraction of sp³-hybridized carbons (Fsp3) is 0.882. The predicted octanol–water partition coefficient (Wildman–Crippen LogP) is 9.95. The molecule has 0 rings (SSSR count). The van der Waals surface area contributed by atoms with Gasteiger partial charge in [-0.1, -0.05) is 142 Å². The van der Waals surface area contributed by atoms with Crippen molar-refractivity contribution < 1.29 is 29.4 Å². The monoisotopic (exact) mass is 598 g/mol. The SMILES string of the molecule is CCCCCCCCCCCCCC(=O)C(CC(=O)O)(SCCC(=O)O)C(=O)CCCCCCCCCCCCC. The molecule has 0 bridgehead atoms. The zero-order chi connectivity index (χ0) is 30.6. The Kier molecular flexibility index (Phi) is 26.5. The molecular formula is C34H62O6S. The van der Waals surface area contributed by atoms with Crippen molar-refractivity contribution in [1.82, 2.24) is 0 Å². The molecule has 0 unspecified atom stereocenters. The van der Waals surface area contributed by atoms with Gasteiger partial charge in [0.15, 0.2) is 11.6 Å². The van der Waals surface area contributed by atoms with Crippen LogP contribution in [0.3, 0.4) is 0 Å². The van der Waals surface area contributed by atoms with Gasteiger partial charge in [-0.2, -0.15) is 0 Å². The van der Waals surface area contributed by atoms with E-state index in [0.29, 0.717) is 12.8 Å². The molecule has 0 aliphatic heterocycles. The van der Waals surface area contributed by atoms with Crippen LogP contribution < -0.4 is 0 Å². The average molecular weight is 599 g/mol. The van der Waals surface area contributed by atoms with E-state index in [1.54, 1.807) is 0 Å². The third-order valence-corrected chi connectivity index (χ3v) is 9.48. The molecule has 0 saturated heterocycles. The molecule has 240 valence electrons. The van der Waals surface area contributed by atoms with Crippen molar-refractivity contribution in [2.24, 2.45) is 0 Å². The Morgan fingerprint density at radius 2 is 0.780 bits per heavy atom. The molecule has 41 heavy (non-hydrogen) atoms. The van der Waals surface area contributed by atoms with Gasteiger partial charge in [0, 0.05) is 18.6 Å². The van der Waals surface area contributed by atoms with Crippen LogP contribution in [-0.2, 0) is 19.2 Å². The van der Waals surface area contributed by atoms with Gasteiger partial charge in [-0.25, -0.2) is 0 Å². The van der Waals surface area contributed by atoms with E-state index < -0.39 is 23.1 Å². The van der Waals surface area contributed by atoms with Crippen molar-refractivity contribution in [1.29, 1.82) is 0 Å². The van der Waals surface area contributed by atoms with Crippen LogP contribution in [0.4, 0.5) is 0 Å². The third kappa shape index (κ3) is 21.9. The standard InChI is InChI=1S/C34H62O6S/c1-3-5-7-9-11-13-15-17-19-21-23-25-30(35)34(29-33(39)40,41-28-27-32(37)38)31(36)26-24-22-20-18-16-14-12-10-8-6-4-2/h3-29H2,1-2H3,(H,37,38)(H,39,40). The van der Waals surface area contributed by atoms with Crippen molar-refractivity contribution in [2.45, 2.75) is 186 Å². The number of carbonyl (C=O) groups is 4. The van der Waals surface area contributed by atoms with Crippen LogP contribution >= 0.6 is 11.8 Å². The summed E-state index contributed by atoms with van der Waals surface area (Å²) in [6, 6.07) is 0. The highest BCUT2D eigenvalue weighted by Crippen LogP contribution is 2.36. The molecule has 0 aliphatic rings. The first kappa shape index (κ1) is 39.6. The zero-order valence-corrected chi connectivity index (χ0v) is 27.3. The summed E-state index contributed by atoms with van der Waals surface area (Å²) in [5.41, 5.74) is 0. The number of carboxylic acids is 2. The van der Waals surface area contributed by atoms with Gasteiger partial charge in [-0.05, 0) is 12.8 Å². The van der Waals surface area contributed by atoms with Crippen molar-refractivity contribution in [3.8, 4) is 0 Å². The number of rotatable bonds is 32. The van der Waals surface area contributed by atoms with E-state index in [0.717, 1.165) is 50.3 Å². The van der Waals surface area contributed by atoms with E-state index in [4.69, 9.17) is 5.11 Å². The minimum Gasteiger partial charge on any atom is -0.481 e. The number of ketones is 2. The van der Waals surface area contributed by atoms with Gasteiger partial charge in [0.1, 0.15) is 4.75 Å². The maximum atomic E-state index is 13.4. The molecular weight excluding hydrogens is 536 g/mol. The summed E-state index contributed by atoms with van der Waals surface area (Å²) in [7, 11) is 0. The van der Waals surface area contributed by atoms with E-state index in [1.807, 2.05) is 0 Å². The molecule has 0 spiro atoms. The van der Waals surface area contributed by atoms with E-state index in [2.05, 4.69) is 13.8 Å². The van der Waals surface area contributed by atoms with Gasteiger partial charge in [0.05, 0.1) is 12.8 Å². The lowest BCUT2D eigenvalue weighted by Gasteiger charge is -2.29. The Hall–Kier alpha value is -1.37. The molecule has 0 aromatic heterocycles. The van der Waals surface area contributed by atoms with E-state index >= 15 is 0 Å². The molecule has 2 N–H and O–H groups in total. The van der Waals surface area contributed by atoms with Crippen LogP contribution in [-0.4, -0.2) is 44.2 Å². The lowest BCUT2D eigenvalue weighted by Crippen LogP contribution is -2.46. The van der Waals surface area contributed by atoms with Crippen LogP contribution in [0.25, 0.3) is 0 Å². The van der Waals surface area contributed by atoms with Crippen LogP contribution in [0, 0.1) is 0 Å². The topological polar surface area (TPSA) is 109 Å². The van der Waals surface area contributed by atoms with Crippen LogP contribution in [0.2, 0.25) is 0 Å². The summed E-state index contributed by atoms with van der Waals surface area (Å²) in [6.45, 7) is 4.45. The van der Waals surface area contributed by atoms with Crippen LogP contribution in [0.1, 0.15) is 181 Å². The summed E-state index contributed by atoms with van der Waals surface area (Å²) in [4.78, 5) is 49.8. The fourth-order valence-electron chi connectivity index (χ4n) is 5.39. The van der Waals surface area contributed by atoms with E-state index in [9.17, 15) is 24.3 Å². The second kappa shape index (κ2) is 27.5. The Morgan fingerprint density at radius 1 is 0.463 bits per heavy atom. The van der Waals surface area contributed by atoms with Crippen molar-refractivity contribution in [3.05, 3.63) is 0 Å². The molecule has 6 nitrogen and oxygen atoms in total. The van der Waals surface area contributed by atoms with Gasteiger partial charge in [-0.15, -0.1) is 11.8 Å². The highest BCUT2D eigenvalue weighted by Gasteiger charge is 2.46.